The minimum Gasteiger partial charge on any atom is -0.351 e. The lowest BCUT2D eigenvalue weighted by Gasteiger charge is -2.34. The maximum atomic E-state index is 14.4. The number of hydrogen-bond donors (Lipinski definition) is 2. The molecule has 0 unspecified atom stereocenters. The normalized spacial score (nSPS) is 14.5. The Morgan fingerprint density at radius 2 is 1.62 bits per heavy atom. The zero-order valence-electron chi connectivity index (χ0n) is 22.4. The fraction of sp³-hybridized carbons (Fsp3) is 0.273. The lowest BCUT2D eigenvalue weighted by Crippen LogP contribution is -2.47. The number of nitrogens with zero attached hydrogens (tertiary/aromatic N) is 1. The second-order valence-corrected chi connectivity index (χ2v) is 10.4. The van der Waals surface area contributed by atoms with Crippen molar-refractivity contribution in [3.05, 3.63) is 113 Å². The van der Waals surface area contributed by atoms with Crippen molar-refractivity contribution >= 4 is 17.5 Å². The molecule has 1 aromatic heterocycles. The monoisotopic (exact) mass is 523 g/mol. The minimum atomic E-state index is -0.982. The van der Waals surface area contributed by atoms with Crippen LogP contribution in [0.15, 0.2) is 84.9 Å². The standard InChI is InChI=1S/C33H34FN3O2/c1-22-13-14-23(2)30(21-22)37(33(39)29-20-19-28(36-29)24-9-5-3-6-10-24)31(25-15-17-26(34)18-16-25)32(38)35-27-11-7-4-8-12-27/h3,5-6,9-10,13-21,27,31,36H,4,7-8,11-12H2,1-2H3,(H,35,38)/t31-/m1/s1. The molecule has 6 heteroatoms. The molecule has 2 amide bonds. The van der Waals surface area contributed by atoms with Crippen LogP contribution in [0.5, 0.6) is 0 Å². The van der Waals surface area contributed by atoms with E-state index in [1.165, 1.54) is 12.1 Å². The summed E-state index contributed by atoms with van der Waals surface area (Å²) in [6.45, 7) is 3.89. The summed E-state index contributed by atoms with van der Waals surface area (Å²) >= 11 is 0. The number of benzene rings is 3. The van der Waals surface area contributed by atoms with Gasteiger partial charge < -0.3 is 10.3 Å². The largest absolute Gasteiger partial charge is 0.351 e. The number of amides is 2. The molecule has 0 saturated heterocycles. The van der Waals surface area contributed by atoms with Gasteiger partial charge in [-0.05, 0) is 79.3 Å². The zero-order chi connectivity index (χ0) is 27.4. The van der Waals surface area contributed by atoms with Crippen LogP contribution in [0, 0.1) is 19.7 Å². The Balaban J connectivity index is 1.61. The van der Waals surface area contributed by atoms with E-state index in [1.54, 1.807) is 23.1 Å². The van der Waals surface area contributed by atoms with Gasteiger partial charge >= 0.3 is 0 Å². The summed E-state index contributed by atoms with van der Waals surface area (Å²) in [5.41, 5.74) is 5.16. The molecule has 200 valence electrons. The molecule has 5 rings (SSSR count). The highest BCUT2D eigenvalue weighted by atomic mass is 19.1. The first-order chi connectivity index (χ1) is 18.9. The highest BCUT2D eigenvalue weighted by Gasteiger charge is 2.36. The zero-order valence-corrected chi connectivity index (χ0v) is 22.4. The Morgan fingerprint density at radius 1 is 0.897 bits per heavy atom. The Morgan fingerprint density at radius 3 is 2.33 bits per heavy atom. The number of halogens is 1. The molecule has 1 aliphatic rings. The third kappa shape index (κ3) is 5.95. The first-order valence-corrected chi connectivity index (χ1v) is 13.6. The van der Waals surface area contributed by atoms with Gasteiger partial charge in [-0.2, -0.15) is 0 Å². The van der Waals surface area contributed by atoms with Gasteiger partial charge in [-0.3, -0.25) is 14.5 Å². The molecular formula is C33H34FN3O2. The SMILES string of the molecule is Cc1ccc(C)c(N(C(=O)c2ccc(-c3ccccc3)[nH]2)[C@@H](C(=O)NC2CCCCC2)c2ccc(F)cc2)c1. The Labute approximate surface area is 229 Å². The van der Waals surface area contributed by atoms with Crippen molar-refractivity contribution in [2.24, 2.45) is 0 Å². The van der Waals surface area contributed by atoms with Crippen molar-refractivity contribution in [3.63, 3.8) is 0 Å². The van der Waals surface area contributed by atoms with E-state index in [2.05, 4.69) is 10.3 Å². The average molecular weight is 524 g/mol. The molecule has 4 aromatic rings. The number of anilines is 1. The van der Waals surface area contributed by atoms with Gasteiger partial charge in [-0.1, -0.05) is 73.9 Å². The minimum absolute atomic E-state index is 0.0555. The number of H-pyrrole nitrogens is 1. The molecule has 1 atom stereocenters. The van der Waals surface area contributed by atoms with Crippen molar-refractivity contribution in [2.45, 2.75) is 58.0 Å². The van der Waals surface area contributed by atoms with Crippen LogP contribution in [0.3, 0.4) is 0 Å². The van der Waals surface area contributed by atoms with Crippen molar-refractivity contribution in [1.29, 1.82) is 0 Å². The highest BCUT2D eigenvalue weighted by molar-refractivity contribution is 6.10. The third-order valence-corrected chi connectivity index (χ3v) is 7.49. The van der Waals surface area contributed by atoms with Gasteiger partial charge in [0, 0.05) is 17.4 Å². The van der Waals surface area contributed by atoms with Gasteiger partial charge in [0.2, 0.25) is 5.91 Å². The summed E-state index contributed by atoms with van der Waals surface area (Å²) in [5, 5.41) is 3.22. The number of nitrogens with one attached hydrogen (secondary N) is 2. The van der Waals surface area contributed by atoms with Crippen LogP contribution in [0.1, 0.15) is 65.3 Å². The van der Waals surface area contributed by atoms with Crippen LogP contribution < -0.4 is 10.2 Å². The molecule has 5 nitrogen and oxygen atoms in total. The summed E-state index contributed by atoms with van der Waals surface area (Å²) in [6.07, 6.45) is 5.12. The second kappa shape index (κ2) is 11.7. The molecule has 1 fully saturated rings. The summed E-state index contributed by atoms with van der Waals surface area (Å²) < 4.78 is 14.0. The maximum Gasteiger partial charge on any atom is 0.275 e. The van der Waals surface area contributed by atoms with Crippen LogP contribution in [-0.2, 0) is 4.79 Å². The Bertz CT molecular complexity index is 1440. The first-order valence-electron chi connectivity index (χ1n) is 13.6. The molecule has 39 heavy (non-hydrogen) atoms. The molecule has 1 aliphatic carbocycles. The number of hydrogen-bond acceptors (Lipinski definition) is 2. The van der Waals surface area contributed by atoms with Gasteiger partial charge in [-0.15, -0.1) is 0 Å². The number of carbonyl (C=O) groups excluding carboxylic acids is 2. The maximum absolute atomic E-state index is 14.4. The van der Waals surface area contributed by atoms with E-state index in [-0.39, 0.29) is 17.9 Å². The molecule has 0 spiro atoms. The van der Waals surface area contributed by atoms with Crippen LogP contribution >= 0.6 is 0 Å². The van der Waals surface area contributed by atoms with Crippen LogP contribution in [0.25, 0.3) is 11.3 Å². The van der Waals surface area contributed by atoms with Crippen molar-refractivity contribution in [2.75, 3.05) is 4.90 Å². The smallest absolute Gasteiger partial charge is 0.275 e. The van der Waals surface area contributed by atoms with Crippen LogP contribution in [-0.4, -0.2) is 22.8 Å². The number of aryl methyl sites for hydroxylation is 2. The third-order valence-electron chi connectivity index (χ3n) is 7.49. The van der Waals surface area contributed by atoms with E-state index >= 15 is 0 Å². The number of aromatic amines is 1. The lowest BCUT2D eigenvalue weighted by atomic mass is 9.94. The quantitative estimate of drug-likeness (QED) is 0.267. The van der Waals surface area contributed by atoms with E-state index in [0.717, 1.165) is 54.5 Å². The number of carbonyl (C=O) groups is 2. The van der Waals surface area contributed by atoms with E-state index in [1.807, 2.05) is 68.4 Å². The second-order valence-electron chi connectivity index (χ2n) is 10.4. The molecule has 2 N–H and O–H groups in total. The van der Waals surface area contributed by atoms with E-state index in [0.29, 0.717) is 16.9 Å². The fourth-order valence-corrected chi connectivity index (χ4v) is 5.37. The number of aromatic nitrogens is 1. The van der Waals surface area contributed by atoms with Gasteiger partial charge in [0.15, 0.2) is 0 Å². The summed E-state index contributed by atoms with van der Waals surface area (Å²) in [4.78, 5) is 33.3. The predicted molar refractivity (Wildman–Crippen MR) is 153 cm³/mol. The first kappa shape index (κ1) is 26.4. The molecular weight excluding hydrogens is 489 g/mol. The molecule has 0 radical (unpaired) electrons. The molecule has 0 bridgehead atoms. The number of rotatable bonds is 7. The molecule has 0 aliphatic heterocycles. The Hall–Kier alpha value is -4.19. The van der Waals surface area contributed by atoms with Crippen molar-refractivity contribution < 1.29 is 14.0 Å². The highest BCUT2D eigenvalue weighted by Crippen LogP contribution is 2.34. The van der Waals surface area contributed by atoms with Gasteiger partial charge in [0.05, 0.1) is 0 Å². The topological polar surface area (TPSA) is 65.2 Å². The fourth-order valence-electron chi connectivity index (χ4n) is 5.37. The van der Waals surface area contributed by atoms with E-state index in [4.69, 9.17) is 0 Å². The summed E-state index contributed by atoms with van der Waals surface area (Å²) in [6, 6.07) is 24.2. The molecule has 1 heterocycles. The van der Waals surface area contributed by atoms with E-state index < -0.39 is 11.9 Å². The van der Waals surface area contributed by atoms with Gasteiger partial charge in [0.25, 0.3) is 5.91 Å². The lowest BCUT2D eigenvalue weighted by molar-refractivity contribution is -0.123. The molecule has 1 saturated carbocycles. The average Bonchev–Trinajstić information content (AvgIpc) is 3.45. The van der Waals surface area contributed by atoms with Gasteiger partial charge in [-0.25, -0.2) is 4.39 Å². The van der Waals surface area contributed by atoms with Crippen molar-refractivity contribution in [3.8, 4) is 11.3 Å². The van der Waals surface area contributed by atoms with Crippen LogP contribution in [0.4, 0.5) is 10.1 Å². The summed E-state index contributed by atoms with van der Waals surface area (Å²) in [5.74, 6) is -0.997. The van der Waals surface area contributed by atoms with E-state index in [9.17, 15) is 14.0 Å². The predicted octanol–water partition coefficient (Wildman–Crippen LogP) is 7.27. The Kier molecular flexibility index (Phi) is 7.92. The van der Waals surface area contributed by atoms with Gasteiger partial charge in [0.1, 0.15) is 17.6 Å². The molecule has 3 aromatic carbocycles. The van der Waals surface area contributed by atoms with Crippen LogP contribution in [0.2, 0.25) is 0 Å². The van der Waals surface area contributed by atoms with Crippen molar-refractivity contribution in [1.82, 2.24) is 10.3 Å². The summed E-state index contributed by atoms with van der Waals surface area (Å²) in [7, 11) is 0.